The fourth-order valence-electron chi connectivity index (χ4n) is 5.90. The standard InChI is InChI=1S/C44H37N5S/c1-3-5-10-32-14-20-38(21-15-32)49(39-22-16-33(17-23-39)11-6-4-2)40-24-18-34(19-25-40)41-26-27-42(50-41)44(37(30-47)31-48)43(36(28-45)29-46)35-12-8-7-9-13-35/h7-9,12-27H,3-6,10-11H2,1-2H3. The predicted molar refractivity (Wildman–Crippen MR) is 204 cm³/mol. The lowest BCUT2D eigenvalue weighted by Crippen LogP contribution is -2.10. The topological polar surface area (TPSA) is 98.4 Å². The van der Waals surface area contributed by atoms with E-state index >= 15 is 0 Å². The molecular weight excluding hydrogens is 631 g/mol. The highest BCUT2D eigenvalue weighted by molar-refractivity contribution is 7.16. The zero-order valence-corrected chi connectivity index (χ0v) is 29.2. The van der Waals surface area contributed by atoms with Crippen LogP contribution in [-0.4, -0.2) is 0 Å². The van der Waals surface area contributed by atoms with Crippen molar-refractivity contribution in [3.8, 4) is 34.7 Å². The van der Waals surface area contributed by atoms with Gasteiger partial charge in [-0.05, 0) is 96.5 Å². The van der Waals surface area contributed by atoms with E-state index in [1.54, 1.807) is 24.3 Å². The summed E-state index contributed by atoms with van der Waals surface area (Å²) in [6, 6.07) is 46.7. The monoisotopic (exact) mass is 667 g/mol. The first-order chi connectivity index (χ1) is 24.5. The molecular formula is C44H37N5S. The first kappa shape index (κ1) is 35.1. The maximum atomic E-state index is 9.96. The van der Waals surface area contributed by atoms with E-state index in [0.717, 1.165) is 53.2 Å². The Hall–Kier alpha value is -6.18. The molecule has 0 aliphatic rings. The van der Waals surface area contributed by atoms with E-state index in [0.29, 0.717) is 10.4 Å². The summed E-state index contributed by atoms with van der Waals surface area (Å²) in [6.07, 6.45) is 6.80. The summed E-state index contributed by atoms with van der Waals surface area (Å²) in [5.41, 5.74) is 7.64. The molecule has 1 heterocycles. The smallest absolute Gasteiger partial charge is 0.138 e. The first-order valence-electron chi connectivity index (χ1n) is 16.9. The van der Waals surface area contributed by atoms with Crippen molar-refractivity contribution in [2.24, 2.45) is 0 Å². The van der Waals surface area contributed by atoms with Gasteiger partial charge in [0, 0.05) is 38.0 Å². The van der Waals surface area contributed by atoms with Crippen LogP contribution >= 0.6 is 11.3 Å². The fraction of sp³-hybridized carbons (Fsp3) is 0.182. The summed E-state index contributed by atoms with van der Waals surface area (Å²) in [4.78, 5) is 3.82. The molecule has 0 N–H and O–H groups in total. The minimum atomic E-state index is -0.162. The van der Waals surface area contributed by atoms with Gasteiger partial charge in [-0.3, -0.25) is 0 Å². The van der Waals surface area contributed by atoms with Crippen molar-refractivity contribution in [2.45, 2.75) is 52.4 Å². The summed E-state index contributed by atoms with van der Waals surface area (Å²) >= 11 is 1.41. The Labute approximate surface area is 299 Å². The van der Waals surface area contributed by atoms with Gasteiger partial charge in [-0.25, -0.2) is 0 Å². The molecule has 0 bridgehead atoms. The fourth-order valence-corrected chi connectivity index (χ4v) is 6.97. The number of thiophene rings is 1. The minimum absolute atomic E-state index is 0.160. The largest absolute Gasteiger partial charge is 0.311 e. The zero-order valence-electron chi connectivity index (χ0n) is 28.4. The molecule has 0 fully saturated rings. The highest BCUT2D eigenvalue weighted by Gasteiger charge is 2.23. The van der Waals surface area contributed by atoms with Crippen LogP contribution in [0.1, 0.15) is 61.1 Å². The molecule has 0 saturated carbocycles. The van der Waals surface area contributed by atoms with Crippen LogP contribution in [0.15, 0.2) is 126 Å². The predicted octanol–water partition coefficient (Wildman–Crippen LogP) is 11.9. The number of aryl methyl sites for hydroxylation is 2. The number of allylic oxidation sites excluding steroid dienone is 4. The van der Waals surface area contributed by atoms with Crippen molar-refractivity contribution in [2.75, 3.05) is 4.90 Å². The molecule has 0 saturated heterocycles. The Morgan fingerprint density at radius 2 is 1.00 bits per heavy atom. The van der Waals surface area contributed by atoms with Gasteiger partial charge >= 0.3 is 0 Å². The summed E-state index contributed by atoms with van der Waals surface area (Å²) in [6.45, 7) is 4.43. The van der Waals surface area contributed by atoms with Gasteiger partial charge < -0.3 is 4.90 Å². The van der Waals surface area contributed by atoms with Crippen LogP contribution in [0.4, 0.5) is 17.1 Å². The molecule has 0 unspecified atom stereocenters. The SMILES string of the molecule is CCCCc1ccc(N(c2ccc(CCCC)cc2)c2ccc(-c3ccc(C(=C(C#N)C#N)C(=C(C#N)C#N)c4ccccc4)s3)cc2)cc1. The number of benzene rings is 4. The van der Waals surface area contributed by atoms with Crippen molar-refractivity contribution in [3.63, 3.8) is 0 Å². The van der Waals surface area contributed by atoms with Crippen LogP contribution < -0.4 is 4.90 Å². The van der Waals surface area contributed by atoms with E-state index in [1.165, 1.54) is 35.3 Å². The molecule has 0 aliphatic carbocycles. The third-order valence-electron chi connectivity index (χ3n) is 8.55. The Morgan fingerprint density at radius 3 is 1.46 bits per heavy atom. The molecule has 0 aliphatic heterocycles. The average molecular weight is 668 g/mol. The highest BCUT2D eigenvalue weighted by atomic mass is 32.1. The zero-order chi connectivity index (χ0) is 35.3. The van der Waals surface area contributed by atoms with Crippen LogP contribution in [-0.2, 0) is 12.8 Å². The number of nitriles is 4. The molecule has 0 amide bonds. The maximum Gasteiger partial charge on any atom is 0.138 e. The van der Waals surface area contributed by atoms with E-state index in [4.69, 9.17) is 0 Å². The molecule has 244 valence electrons. The number of hydrogen-bond donors (Lipinski definition) is 0. The molecule has 5 nitrogen and oxygen atoms in total. The second kappa shape index (κ2) is 17.3. The molecule has 0 spiro atoms. The first-order valence-corrected chi connectivity index (χ1v) is 17.7. The van der Waals surface area contributed by atoms with E-state index in [9.17, 15) is 21.0 Å². The quantitative estimate of drug-likeness (QED) is 0.0919. The molecule has 4 aromatic carbocycles. The second-order valence-corrected chi connectivity index (χ2v) is 13.0. The molecule has 50 heavy (non-hydrogen) atoms. The van der Waals surface area contributed by atoms with E-state index in [-0.39, 0.29) is 22.3 Å². The lowest BCUT2D eigenvalue weighted by atomic mass is 9.90. The van der Waals surface area contributed by atoms with Crippen LogP contribution in [0.2, 0.25) is 0 Å². The van der Waals surface area contributed by atoms with Crippen LogP contribution in [0, 0.1) is 45.3 Å². The Balaban J connectivity index is 1.54. The van der Waals surface area contributed by atoms with Crippen molar-refractivity contribution in [1.29, 1.82) is 21.0 Å². The summed E-state index contributed by atoms with van der Waals surface area (Å²) < 4.78 is 0. The van der Waals surface area contributed by atoms with Gasteiger partial charge in [-0.1, -0.05) is 93.4 Å². The van der Waals surface area contributed by atoms with Crippen molar-refractivity contribution >= 4 is 39.5 Å². The van der Waals surface area contributed by atoms with Gasteiger partial charge in [-0.15, -0.1) is 11.3 Å². The molecule has 6 heteroatoms. The molecule has 0 atom stereocenters. The highest BCUT2D eigenvalue weighted by Crippen LogP contribution is 2.42. The van der Waals surface area contributed by atoms with Gasteiger partial charge in [0.05, 0.1) is 0 Å². The summed E-state index contributed by atoms with van der Waals surface area (Å²) in [7, 11) is 0. The van der Waals surface area contributed by atoms with Gasteiger partial charge in [0.1, 0.15) is 35.4 Å². The molecule has 5 rings (SSSR count). The van der Waals surface area contributed by atoms with Crippen molar-refractivity contribution in [1.82, 2.24) is 0 Å². The normalized spacial score (nSPS) is 10.2. The molecule has 1 aromatic heterocycles. The van der Waals surface area contributed by atoms with Crippen molar-refractivity contribution < 1.29 is 0 Å². The average Bonchev–Trinajstić information content (AvgIpc) is 3.66. The van der Waals surface area contributed by atoms with E-state index in [2.05, 4.69) is 91.5 Å². The number of anilines is 3. The number of hydrogen-bond acceptors (Lipinski definition) is 6. The lowest BCUT2D eigenvalue weighted by Gasteiger charge is -2.26. The van der Waals surface area contributed by atoms with E-state index < -0.39 is 0 Å². The number of nitrogens with zero attached hydrogens (tertiary/aromatic N) is 5. The lowest BCUT2D eigenvalue weighted by molar-refractivity contribution is 0.795. The van der Waals surface area contributed by atoms with Gasteiger partial charge in [0.2, 0.25) is 0 Å². The summed E-state index contributed by atoms with van der Waals surface area (Å²) in [5, 5.41) is 39.7. The third-order valence-corrected chi connectivity index (χ3v) is 9.70. The summed E-state index contributed by atoms with van der Waals surface area (Å²) in [5.74, 6) is 0. The minimum Gasteiger partial charge on any atom is -0.311 e. The van der Waals surface area contributed by atoms with Crippen LogP contribution in [0.3, 0.4) is 0 Å². The van der Waals surface area contributed by atoms with Crippen LogP contribution in [0.25, 0.3) is 21.6 Å². The van der Waals surface area contributed by atoms with Gasteiger partial charge in [0.25, 0.3) is 0 Å². The van der Waals surface area contributed by atoms with Gasteiger partial charge in [-0.2, -0.15) is 21.0 Å². The third kappa shape index (κ3) is 8.09. The molecule has 0 radical (unpaired) electrons. The number of unbranched alkanes of at least 4 members (excludes halogenated alkanes) is 2. The molecule has 5 aromatic rings. The Kier molecular flexibility index (Phi) is 12.1. The Morgan fingerprint density at radius 1 is 0.540 bits per heavy atom. The number of rotatable bonds is 13. The van der Waals surface area contributed by atoms with Crippen molar-refractivity contribution in [3.05, 3.63) is 148 Å². The second-order valence-electron chi connectivity index (χ2n) is 11.9. The van der Waals surface area contributed by atoms with Crippen LogP contribution in [0.5, 0.6) is 0 Å². The Bertz CT molecular complexity index is 2060. The van der Waals surface area contributed by atoms with E-state index in [1.807, 2.05) is 42.5 Å². The maximum absolute atomic E-state index is 9.96. The van der Waals surface area contributed by atoms with Gasteiger partial charge in [0.15, 0.2) is 0 Å².